The zero-order valence-electron chi connectivity index (χ0n) is 10.1. The van der Waals surface area contributed by atoms with Gasteiger partial charge in [-0.1, -0.05) is 13.3 Å². The minimum absolute atomic E-state index is 0.238. The highest BCUT2D eigenvalue weighted by Gasteiger charge is 2.35. The van der Waals surface area contributed by atoms with Crippen molar-refractivity contribution in [2.24, 2.45) is 0 Å². The van der Waals surface area contributed by atoms with E-state index in [4.69, 9.17) is 4.74 Å². The molecule has 1 saturated heterocycles. The molecule has 4 heteroatoms. The van der Waals surface area contributed by atoms with E-state index in [1.165, 1.54) is 4.88 Å². The Bertz CT molecular complexity index is 364. The van der Waals surface area contributed by atoms with Crippen LogP contribution in [0.1, 0.15) is 37.5 Å². The molecule has 2 nitrogen and oxygen atoms in total. The van der Waals surface area contributed by atoms with Gasteiger partial charge >= 0.3 is 0 Å². The summed E-state index contributed by atoms with van der Waals surface area (Å²) in [6, 6.07) is 4.14. The molecule has 0 spiro atoms. The maximum atomic E-state index is 10.6. The van der Waals surface area contributed by atoms with E-state index in [0.717, 1.165) is 35.9 Å². The van der Waals surface area contributed by atoms with Crippen molar-refractivity contribution in [3.8, 4) is 0 Å². The summed E-state index contributed by atoms with van der Waals surface area (Å²) in [5.41, 5.74) is -0.567. The third kappa shape index (κ3) is 3.78. The fourth-order valence-corrected chi connectivity index (χ4v) is 4.06. The maximum Gasteiger partial charge on any atom is 0.0742 e. The molecule has 2 atom stereocenters. The summed E-state index contributed by atoms with van der Waals surface area (Å²) in [6.45, 7) is 2.85. The molecule has 1 aromatic rings. The lowest BCUT2D eigenvalue weighted by Gasteiger charge is -2.36. The van der Waals surface area contributed by atoms with E-state index in [0.29, 0.717) is 6.61 Å². The van der Waals surface area contributed by atoms with Gasteiger partial charge in [-0.2, -0.15) is 0 Å². The predicted octanol–water partition coefficient (Wildman–Crippen LogP) is 3.76. The van der Waals surface area contributed by atoms with Gasteiger partial charge in [0.2, 0.25) is 0 Å². The van der Waals surface area contributed by atoms with Crippen molar-refractivity contribution in [2.45, 2.75) is 50.7 Å². The summed E-state index contributed by atoms with van der Waals surface area (Å²) in [6.07, 6.45) is 4.69. The van der Waals surface area contributed by atoms with Crippen molar-refractivity contribution in [1.29, 1.82) is 0 Å². The van der Waals surface area contributed by atoms with Crippen molar-refractivity contribution < 1.29 is 9.84 Å². The summed E-state index contributed by atoms with van der Waals surface area (Å²) in [7, 11) is 0. The smallest absolute Gasteiger partial charge is 0.0742 e. The molecule has 17 heavy (non-hydrogen) atoms. The van der Waals surface area contributed by atoms with E-state index in [1.807, 2.05) is 6.07 Å². The Balaban J connectivity index is 1.97. The molecule has 0 aliphatic carbocycles. The Kier molecular flexibility index (Phi) is 4.64. The van der Waals surface area contributed by atoms with E-state index < -0.39 is 5.60 Å². The number of aliphatic hydroxyl groups is 1. The van der Waals surface area contributed by atoms with Gasteiger partial charge in [0.15, 0.2) is 0 Å². The first-order valence-electron chi connectivity index (χ1n) is 6.19. The van der Waals surface area contributed by atoms with Crippen LogP contribution in [0.15, 0.2) is 15.9 Å². The molecule has 2 rings (SSSR count). The molecule has 0 aromatic carbocycles. The lowest BCUT2D eigenvalue weighted by molar-refractivity contribution is -0.104. The van der Waals surface area contributed by atoms with Crippen LogP contribution in [-0.2, 0) is 11.2 Å². The van der Waals surface area contributed by atoms with Crippen LogP contribution < -0.4 is 0 Å². The second-order valence-corrected chi connectivity index (χ2v) is 7.39. The number of halogens is 1. The number of hydrogen-bond acceptors (Lipinski definition) is 3. The summed E-state index contributed by atoms with van der Waals surface area (Å²) in [4.78, 5) is 1.25. The second kappa shape index (κ2) is 5.83. The predicted molar refractivity (Wildman–Crippen MR) is 74.6 cm³/mol. The van der Waals surface area contributed by atoms with E-state index in [9.17, 15) is 5.11 Å². The van der Waals surface area contributed by atoms with Crippen molar-refractivity contribution >= 4 is 27.3 Å². The molecule has 2 unspecified atom stereocenters. The lowest BCUT2D eigenvalue weighted by atomic mass is 9.85. The molecule has 0 saturated carbocycles. The van der Waals surface area contributed by atoms with E-state index in [-0.39, 0.29) is 6.10 Å². The first-order chi connectivity index (χ1) is 8.11. The van der Waals surface area contributed by atoms with Crippen LogP contribution in [0.3, 0.4) is 0 Å². The van der Waals surface area contributed by atoms with Gasteiger partial charge in [-0.15, -0.1) is 11.3 Å². The number of rotatable bonds is 4. The normalized spacial score (nSPS) is 29.5. The Morgan fingerprint density at radius 3 is 3.06 bits per heavy atom. The fraction of sp³-hybridized carbons (Fsp3) is 0.692. The highest BCUT2D eigenvalue weighted by molar-refractivity contribution is 9.11. The van der Waals surface area contributed by atoms with Gasteiger partial charge in [0.25, 0.3) is 0 Å². The van der Waals surface area contributed by atoms with Gasteiger partial charge in [-0.3, -0.25) is 0 Å². The average molecular weight is 319 g/mol. The van der Waals surface area contributed by atoms with Crippen LogP contribution in [0, 0.1) is 0 Å². The number of thiophene rings is 1. The molecule has 0 radical (unpaired) electrons. The van der Waals surface area contributed by atoms with Crippen molar-refractivity contribution in [3.05, 3.63) is 20.8 Å². The molecule has 1 aliphatic rings. The highest BCUT2D eigenvalue weighted by atomic mass is 79.9. The van der Waals surface area contributed by atoms with Gasteiger partial charge in [-0.25, -0.2) is 0 Å². The van der Waals surface area contributed by atoms with Gasteiger partial charge in [0, 0.05) is 24.3 Å². The topological polar surface area (TPSA) is 29.5 Å². The van der Waals surface area contributed by atoms with Crippen molar-refractivity contribution in [1.82, 2.24) is 0 Å². The monoisotopic (exact) mass is 318 g/mol. The molecule has 1 N–H and O–H groups in total. The quantitative estimate of drug-likeness (QED) is 0.915. The van der Waals surface area contributed by atoms with Gasteiger partial charge < -0.3 is 9.84 Å². The minimum atomic E-state index is -0.567. The number of ether oxygens (including phenoxy) is 1. The maximum absolute atomic E-state index is 10.6. The van der Waals surface area contributed by atoms with E-state index in [1.54, 1.807) is 11.3 Å². The Morgan fingerprint density at radius 1 is 1.59 bits per heavy atom. The fourth-order valence-electron chi connectivity index (χ4n) is 2.44. The SMILES string of the molecule is CCCC1CC(O)(Cc2ccc(Br)s2)CCO1. The van der Waals surface area contributed by atoms with Crippen LogP contribution in [0.4, 0.5) is 0 Å². The van der Waals surface area contributed by atoms with Gasteiger partial charge in [0.05, 0.1) is 15.5 Å². The third-order valence-electron chi connectivity index (χ3n) is 3.27. The molecule has 0 bridgehead atoms. The summed E-state index contributed by atoms with van der Waals surface area (Å²) in [5, 5.41) is 10.6. The minimum Gasteiger partial charge on any atom is -0.389 e. The molecule has 1 aromatic heterocycles. The van der Waals surface area contributed by atoms with E-state index >= 15 is 0 Å². The Hall–Kier alpha value is 0.1000. The molecular formula is C13H19BrO2S. The van der Waals surface area contributed by atoms with Crippen molar-refractivity contribution in [3.63, 3.8) is 0 Å². The second-order valence-electron chi connectivity index (χ2n) is 4.84. The van der Waals surface area contributed by atoms with Gasteiger partial charge in [-0.05, 0) is 40.9 Å². The number of hydrogen-bond donors (Lipinski definition) is 1. The molecule has 1 aliphatic heterocycles. The first-order valence-corrected chi connectivity index (χ1v) is 7.80. The van der Waals surface area contributed by atoms with Crippen LogP contribution in [0.5, 0.6) is 0 Å². The summed E-state index contributed by atoms with van der Waals surface area (Å²) in [5.74, 6) is 0. The first kappa shape index (κ1) is 13.5. The summed E-state index contributed by atoms with van der Waals surface area (Å²) >= 11 is 5.17. The molecule has 96 valence electrons. The standard InChI is InChI=1S/C13H19BrO2S/c1-2-3-10-8-13(15,6-7-16-10)9-11-4-5-12(14)17-11/h4-5,10,15H,2-3,6-9H2,1H3. The van der Waals surface area contributed by atoms with Crippen LogP contribution >= 0.6 is 27.3 Å². The zero-order valence-corrected chi connectivity index (χ0v) is 12.5. The van der Waals surface area contributed by atoms with Crippen LogP contribution in [-0.4, -0.2) is 23.4 Å². The Labute approximate surface area is 115 Å². The van der Waals surface area contributed by atoms with Crippen LogP contribution in [0.25, 0.3) is 0 Å². The third-order valence-corrected chi connectivity index (χ3v) is 4.90. The highest BCUT2D eigenvalue weighted by Crippen LogP contribution is 2.33. The zero-order chi connectivity index (χ0) is 12.3. The summed E-state index contributed by atoms with van der Waals surface area (Å²) < 4.78 is 6.82. The van der Waals surface area contributed by atoms with Crippen molar-refractivity contribution in [2.75, 3.05) is 6.61 Å². The molecular weight excluding hydrogens is 300 g/mol. The largest absolute Gasteiger partial charge is 0.389 e. The lowest BCUT2D eigenvalue weighted by Crippen LogP contribution is -2.42. The molecule has 0 amide bonds. The average Bonchev–Trinajstić information content (AvgIpc) is 2.63. The van der Waals surface area contributed by atoms with E-state index in [2.05, 4.69) is 28.9 Å². The molecule has 1 fully saturated rings. The molecule has 2 heterocycles. The van der Waals surface area contributed by atoms with Crippen LogP contribution in [0.2, 0.25) is 0 Å². The Morgan fingerprint density at radius 2 is 2.41 bits per heavy atom. The van der Waals surface area contributed by atoms with Gasteiger partial charge in [0.1, 0.15) is 0 Å².